The molecule has 1 atom stereocenters. The second-order valence-electron chi connectivity index (χ2n) is 8.08. The molecule has 0 aromatic heterocycles. The van der Waals surface area contributed by atoms with Gasteiger partial charge in [-0.15, -0.1) is 0 Å². The number of para-hydroxylation sites is 1. The van der Waals surface area contributed by atoms with Gasteiger partial charge in [-0.2, -0.15) is 21.6 Å². The first-order valence-electron chi connectivity index (χ1n) is 11.0. The van der Waals surface area contributed by atoms with E-state index in [1.54, 1.807) is 12.1 Å². The minimum atomic E-state index is -5.83. The summed E-state index contributed by atoms with van der Waals surface area (Å²) >= 11 is 0. The summed E-state index contributed by atoms with van der Waals surface area (Å²) in [5.74, 6) is -0.270. The predicted octanol–water partition coefficient (Wildman–Crippen LogP) is 5.20. The zero-order chi connectivity index (χ0) is 25.3. The highest BCUT2D eigenvalue weighted by atomic mass is 32.2. The third-order valence-electron chi connectivity index (χ3n) is 5.84. The van der Waals surface area contributed by atoms with Crippen LogP contribution in [0.4, 0.5) is 13.2 Å². The topological polar surface area (TPSA) is 52.6 Å². The number of fused-ring (bicyclic) bond motifs is 1. The summed E-state index contributed by atoms with van der Waals surface area (Å²) in [5.41, 5.74) is -4.41. The van der Waals surface area contributed by atoms with Crippen molar-refractivity contribution < 1.29 is 30.5 Å². The molecule has 5 rings (SSSR count). The first-order chi connectivity index (χ1) is 17.3. The fourth-order valence-corrected chi connectivity index (χ4v) is 7.32. The molecule has 0 amide bonds. The van der Waals surface area contributed by atoms with Crippen molar-refractivity contribution in [1.82, 2.24) is 0 Å². The summed E-state index contributed by atoms with van der Waals surface area (Å²) in [7, 11) is -6.87. The second kappa shape index (κ2) is 9.60. The highest BCUT2D eigenvalue weighted by Gasteiger charge is 2.49. The molecule has 0 saturated heterocycles. The Morgan fingerprint density at radius 2 is 1.36 bits per heavy atom. The Hall–Kier alpha value is -3.35. The van der Waals surface area contributed by atoms with Crippen molar-refractivity contribution in [3.8, 4) is 11.5 Å². The van der Waals surface area contributed by atoms with Crippen LogP contribution in [0.25, 0.3) is 0 Å². The highest BCUT2D eigenvalue weighted by Crippen LogP contribution is 2.46. The zero-order valence-electron chi connectivity index (χ0n) is 18.7. The molecule has 0 saturated carbocycles. The molecule has 1 heterocycles. The van der Waals surface area contributed by atoms with E-state index >= 15 is 0 Å². The van der Waals surface area contributed by atoms with Crippen LogP contribution < -0.4 is 24.8 Å². The maximum Gasteiger partial charge on any atom is 0.534 e. The Morgan fingerprint density at radius 1 is 0.778 bits per heavy atom. The fourth-order valence-electron chi connectivity index (χ4n) is 4.30. The number of halogens is 3. The molecular formula is C27H20F3O4PS. The minimum absolute atomic E-state index is 0.144. The molecular weight excluding hydrogens is 508 g/mol. The molecule has 0 radical (unpaired) electrons. The lowest BCUT2D eigenvalue weighted by Gasteiger charge is -2.24. The molecule has 9 heteroatoms. The Kier molecular flexibility index (Phi) is 6.49. The Labute approximate surface area is 208 Å². The number of benzene rings is 4. The van der Waals surface area contributed by atoms with Crippen LogP contribution in [0, 0.1) is 0 Å². The summed E-state index contributed by atoms with van der Waals surface area (Å²) in [6.45, 7) is 0.144. The molecule has 0 aliphatic carbocycles. The number of rotatable bonds is 6. The van der Waals surface area contributed by atoms with E-state index in [-0.39, 0.29) is 12.4 Å². The van der Waals surface area contributed by atoms with E-state index in [9.17, 15) is 21.6 Å². The van der Waals surface area contributed by atoms with Crippen LogP contribution in [0.15, 0.2) is 103 Å². The molecule has 4 nitrogen and oxygen atoms in total. The molecule has 184 valence electrons. The summed E-state index contributed by atoms with van der Waals surface area (Å²) in [4.78, 5) is 0. The SMILES string of the molecule is O=S(=O)(Oc1ccccc1C1COc2cccc(P(c3ccccc3)c3ccccc3)c21)C(F)(F)F. The van der Waals surface area contributed by atoms with E-state index in [0.717, 1.165) is 21.5 Å². The van der Waals surface area contributed by atoms with Gasteiger partial charge in [0.25, 0.3) is 0 Å². The number of hydrogen-bond donors (Lipinski definition) is 0. The minimum Gasteiger partial charge on any atom is -0.492 e. The fraction of sp³-hybridized carbons (Fsp3) is 0.111. The van der Waals surface area contributed by atoms with E-state index in [4.69, 9.17) is 4.74 Å². The van der Waals surface area contributed by atoms with E-state index in [2.05, 4.69) is 28.4 Å². The van der Waals surface area contributed by atoms with Gasteiger partial charge in [0.15, 0.2) is 0 Å². The summed E-state index contributed by atoms with van der Waals surface area (Å²) < 4.78 is 73.4. The Morgan fingerprint density at radius 3 is 1.97 bits per heavy atom. The lowest BCUT2D eigenvalue weighted by molar-refractivity contribution is -0.0500. The smallest absolute Gasteiger partial charge is 0.492 e. The average Bonchev–Trinajstić information content (AvgIpc) is 3.30. The lowest BCUT2D eigenvalue weighted by Crippen LogP contribution is -2.29. The molecule has 1 unspecified atom stereocenters. The molecule has 1 aliphatic heterocycles. The van der Waals surface area contributed by atoms with Gasteiger partial charge in [-0.25, -0.2) is 0 Å². The van der Waals surface area contributed by atoms with Crippen molar-refractivity contribution in [3.05, 3.63) is 114 Å². The second-order valence-corrected chi connectivity index (χ2v) is 11.8. The number of ether oxygens (including phenoxy) is 1. The lowest BCUT2D eigenvalue weighted by atomic mass is 9.92. The van der Waals surface area contributed by atoms with Crippen molar-refractivity contribution in [3.63, 3.8) is 0 Å². The van der Waals surface area contributed by atoms with E-state index in [1.165, 1.54) is 12.1 Å². The Bertz CT molecular complexity index is 1440. The van der Waals surface area contributed by atoms with E-state index in [1.807, 2.05) is 54.6 Å². The maximum atomic E-state index is 13.1. The largest absolute Gasteiger partial charge is 0.534 e. The van der Waals surface area contributed by atoms with E-state index in [0.29, 0.717) is 11.3 Å². The first kappa shape index (κ1) is 24.3. The van der Waals surface area contributed by atoms with Crippen molar-refractivity contribution in [1.29, 1.82) is 0 Å². The highest BCUT2D eigenvalue weighted by molar-refractivity contribution is 7.88. The van der Waals surface area contributed by atoms with Gasteiger partial charge in [0.1, 0.15) is 11.5 Å². The van der Waals surface area contributed by atoms with Gasteiger partial charge in [-0.3, -0.25) is 0 Å². The first-order valence-corrected chi connectivity index (χ1v) is 13.8. The van der Waals surface area contributed by atoms with E-state index < -0.39 is 29.5 Å². The Balaban J connectivity index is 1.66. The quantitative estimate of drug-likeness (QED) is 0.196. The van der Waals surface area contributed by atoms with Crippen LogP contribution in [0.5, 0.6) is 11.5 Å². The van der Waals surface area contributed by atoms with Gasteiger partial charge in [0, 0.05) is 11.1 Å². The molecule has 0 N–H and O–H groups in total. The summed E-state index contributed by atoms with van der Waals surface area (Å²) in [6.07, 6.45) is 0. The van der Waals surface area contributed by atoms with Gasteiger partial charge in [-0.05, 0) is 36.0 Å². The standard InChI is InChI=1S/C27H20F3O4PS/c28-27(29,30)36(31,32)34-23-15-8-7-14-21(23)22-18-33-24-16-9-17-25(26(22)24)35(19-10-3-1-4-11-19)20-12-5-2-6-13-20/h1-17,22H,18H2. The normalized spacial score (nSPS) is 15.4. The van der Waals surface area contributed by atoms with Crippen LogP contribution in [0.1, 0.15) is 17.0 Å². The third-order valence-corrected chi connectivity index (χ3v) is 9.31. The van der Waals surface area contributed by atoms with Crippen molar-refractivity contribution in [2.75, 3.05) is 6.61 Å². The number of hydrogen-bond acceptors (Lipinski definition) is 4. The average molecular weight is 528 g/mol. The molecule has 4 aromatic carbocycles. The van der Waals surface area contributed by atoms with Crippen LogP contribution >= 0.6 is 7.92 Å². The van der Waals surface area contributed by atoms with Crippen molar-refractivity contribution in [2.45, 2.75) is 11.4 Å². The molecule has 4 aromatic rings. The molecule has 0 spiro atoms. The van der Waals surface area contributed by atoms with Gasteiger partial charge < -0.3 is 8.92 Å². The van der Waals surface area contributed by atoms with Gasteiger partial charge in [0.05, 0.1) is 12.5 Å². The van der Waals surface area contributed by atoms with Crippen LogP contribution in [0.3, 0.4) is 0 Å². The third kappa shape index (κ3) is 4.59. The van der Waals surface area contributed by atoms with Crippen LogP contribution in [-0.4, -0.2) is 20.5 Å². The van der Waals surface area contributed by atoms with Crippen LogP contribution in [0.2, 0.25) is 0 Å². The predicted molar refractivity (Wildman–Crippen MR) is 135 cm³/mol. The molecule has 1 aliphatic rings. The van der Waals surface area contributed by atoms with Crippen molar-refractivity contribution >= 4 is 34.0 Å². The zero-order valence-corrected chi connectivity index (χ0v) is 20.4. The molecule has 0 bridgehead atoms. The summed E-state index contributed by atoms with van der Waals surface area (Å²) in [5, 5.41) is 3.18. The summed E-state index contributed by atoms with van der Waals surface area (Å²) in [6, 6.07) is 31.6. The van der Waals surface area contributed by atoms with Crippen LogP contribution in [-0.2, 0) is 10.1 Å². The monoisotopic (exact) mass is 528 g/mol. The molecule has 0 fully saturated rings. The van der Waals surface area contributed by atoms with Gasteiger partial charge in [0.2, 0.25) is 0 Å². The maximum absolute atomic E-state index is 13.1. The number of alkyl halides is 3. The molecule has 36 heavy (non-hydrogen) atoms. The van der Waals surface area contributed by atoms with Gasteiger partial charge >= 0.3 is 15.6 Å². The van der Waals surface area contributed by atoms with Crippen molar-refractivity contribution in [2.24, 2.45) is 0 Å². The van der Waals surface area contributed by atoms with Gasteiger partial charge in [-0.1, -0.05) is 91.0 Å².